The number of hydrogen-bond acceptors (Lipinski definition) is 4. The number of ether oxygens (including phenoxy) is 2. The van der Waals surface area contributed by atoms with Crippen molar-refractivity contribution >= 4 is 23.2 Å². The zero-order valence-electron chi connectivity index (χ0n) is 12.2. The monoisotopic (exact) mass is 297 g/mol. The first kappa shape index (κ1) is 14.0. The molecular weight excluding hydrogens is 282 g/mol. The Hall–Kier alpha value is -2.95. The molecule has 0 radical (unpaired) electrons. The van der Waals surface area contributed by atoms with Gasteiger partial charge in [0.05, 0.1) is 19.9 Å². The van der Waals surface area contributed by atoms with Crippen LogP contribution in [0.5, 0.6) is 17.2 Å². The fourth-order valence-corrected chi connectivity index (χ4v) is 2.43. The molecule has 22 heavy (non-hydrogen) atoms. The van der Waals surface area contributed by atoms with Crippen molar-refractivity contribution in [3.05, 3.63) is 47.5 Å². The standard InChI is InChI=1S/C17H15NO4/c1-21-15-8-11-12(7-10-5-3-4-6-14(10)19)17(20)18-13(11)9-16(15)22-2/h3-9,19H,1-2H3,(H,18,20). The molecule has 5 heteroatoms. The van der Waals surface area contributed by atoms with Crippen molar-refractivity contribution in [2.24, 2.45) is 0 Å². The van der Waals surface area contributed by atoms with Crippen LogP contribution in [0, 0.1) is 0 Å². The van der Waals surface area contributed by atoms with E-state index >= 15 is 0 Å². The summed E-state index contributed by atoms with van der Waals surface area (Å²) >= 11 is 0. The maximum Gasteiger partial charge on any atom is 0.256 e. The van der Waals surface area contributed by atoms with Crippen LogP contribution in [0.4, 0.5) is 5.69 Å². The van der Waals surface area contributed by atoms with E-state index in [-0.39, 0.29) is 11.7 Å². The summed E-state index contributed by atoms with van der Waals surface area (Å²) in [6.07, 6.45) is 1.66. The molecule has 0 atom stereocenters. The van der Waals surface area contributed by atoms with Crippen LogP contribution < -0.4 is 14.8 Å². The Labute approximate surface area is 127 Å². The van der Waals surface area contributed by atoms with Crippen molar-refractivity contribution < 1.29 is 19.4 Å². The number of fused-ring (bicyclic) bond motifs is 1. The van der Waals surface area contributed by atoms with Gasteiger partial charge >= 0.3 is 0 Å². The van der Waals surface area contributed by atoms with Gasteiger partial charge in [0.2, 0.25) is 0 Å². The Kier molecular flexibility index (Phi) is 3.47. The first-order valence-corrected chi connectivity index (χ1v) is 6.71. The molecule has 1 aliphatic rings. The lowest BCUT2D eigenvalue weighted by Crippen LogP contribution is -2.03. The molecule has 0 spiro atoms. The van der Waals surface area contributed by atoms with Crippen LogP contribution in [0.3, 0.4) is 0 Å². The molecule has 2 N–H and O–H groups in total. The normalized spacial score (nSPS) is 14.6. The lowest BCUT2D eigenvalue weighted by molar-refractivity contribution is -0.110. The highest BCUT2D eigenvalue weighted by Crippen LogP contribution is 2.41. The molecule has 1 aliphatic heterocycles. The van der Waals surface area contributed by atoms with Crippen LogP contribution in [0.15, 0.2) is 36.4 Å². The number of methoxy groups -OCH3 is 2. The number of hydrogen-bond donors (Lipinski definition) is 2. The van der Waals surface area contributed by atoms with E-state index in [1.165, 1.54) is 0 Å². The van der Waals surface area contributed by atoms with Crippen LogP contribution in [-0.2, 0) is 4.79 Å². The van der Waals surface area contributed by atoms with E-state index in [1.54, 1.807) is 56.7 Å². The van der Waals surface area contributed by atoms with Crippen LogP contribution >= 0.6 is 0 Å². The van der Waals surface area contributed by atoms with Crippen molar-refractivity contribution in [1.82, 2.24) is 0 Å². The Bertz CT molecular complexity index is 780. The van der Waals surface area contributed by atoms with E-state index in [1.807, 2.05) is 0 Å². The molecule has 112 valence electrons. The van der Waals surface area contributed by atoms with Crippen LogP contribution in [0.2, 0.25) is 0 Å². The third-order valence-electron chi connectivity index (χ3n) is 3.54. The van der Waals surface area contributed by atoms with Crippen molar-refractivity contribution in [3.63, 3.8) is 0 Å². The zero-order valence-corrected chi connectivity index (χ0v) is 12.2. The number of rotatable bonds is 3. The predicted octanol–water partition coefficient (Wildman–Crippen LogP) is 2.90. The maximum absolute atomic E-state index is 12.2. The molecule has 0 fully saturated rings. The fourth-order valence-electron chi connectivity index (χ4n) is 2.43. The molecule has 3 rings (SSSR count). The molecular formula is C17H15NO4. The molecule has 0 bridgehead atoms. The van der Waals surface area contributed by atoms with Crippen molar-refractivity contribution in [1.29, 1.82) is 0 Å². The summed E-state index contributed by atoms with van der Waals surface area (Å²) in [6.45, 7) is 0. The van der Waals surface area contributed by atoms with Crippen molar-refractivity contribution in [3.8, 4) is 17.2 Å². The maximum atomic E-state index is 12.2. The molecule has 0 unspecified atom stereocenters. The summed E-state index contributed by atoms with van der Waals surface area (Å²) in [5.74, 6) is 0.983. The number of aromatic hydroxyl groups is 1. The van der Waals surface area contributed by atoms with Crippen molar-refractivity contribution in [2.45, 2.75) is 0 Å². The third kappa shape index (κ3) is 2.26. The zero-order chi connectivity index (χ0) is 15.7. The topological polar surface area (TPSA) is 67.8 Å². The van der Waals surface area contributed by atoms with E-state index < -0.39 is 0 Å². The number of phenolic OH excluding ortho intramolecular Hbond substituents is 1. The van der Waals surface area contributed by atoms with Gasteiger partial charge < -0.3 is 19.9 Å². The second-order valence-electron chi connectivity index (χ2n) is 4.82. The lowest BCUT2D eigenvalue weighted by atomic mass is 10.0. The first-order chi connectivity index (χ1) is 10.6. The fraction of sp³-hybridized carbons (Fsp3) is 0.118. The van der Waals surface area contributed by atoms with Crippen LogP contribution in [-0.4, -0.2) is 25.2 Å². The van der Waals surface area contributed by atoms with Gasteiger partial charge in [0.1, 0.15) is 5.75 Å². The van der Waals surface area contributed by atoms with Gasteiger partial charge in [-0.25, -0.2) is 0 Å². The Morgan fingerprint density at radius 1 is 1.09 bits per heavy atom. The Morgan fingerprint density at radius 2 is 1.77 bits per heavy atom. The van der Waals surface area contributed by atoms with Gasteiger partial charge in [0.15, 0.2) is 11.5 Å². The highest BCUT2D eigenvalue weighted by atomic mass is 16.5. The number of anilines is 1. The molecule has 1 heterocycles. The minimum Gasteiger partial charge on any atom is -0.507 e. The number of benzene rings is 2. The first-order valence-electron chi connectivity index (χ1n) is 6.71. The van der Waals surface area contributed by atoms with Gasteiger partial charge in [-0.05, 0) is 18.2 Å². The summed E-state index contributed by atoms with van der Waals surface area (Å²) in [5, 5.41) is 12.7. The quantitative estimate of drug-likeness (QED) is 0.855. The van der Waals surface area contributed by atoms with E-state index in [2.05, 4.69) is 5.32 Å². The average Bonchev–Trinajstić information content (AvgIpc) is 2.83. The van der Waals surface area contributed by atoms with E-state index in [9.17, 15) is 9.90 Å². The van der Waals surface area contributed by atoms with Crippen LogP contribution in [0.1, 0.15) is 11.1 Å². The molecule has 0 saturated carbocycles. The second-order valence-corrected chi connectivity index (χ2v) is 4.82. The minimum absolute atomic E-state index is 0.122. The van der Waals surface area contributed by atoms with Gasteiger partial charge in [-0.3, -0.25) is 4.79 Å². The largest absolute Gasteiger partial charge is 0.507 e. The minimum atomic E-state index is -0.228. The number of amides is 1. The summed E-state index contributed by atoms with van der Waals surface area (Å²) in [7, 11) is 3.08. The molecule has 1 amide bonds. The van der Waals surface area contributed by atoms with Gasteiger partial charge in [0, 0.05) is 22.8 Å². The molecule has 2 aromatic rings. The van der Waals surface area contributed by atoms with Gasteiger partial charge in [-0.15, -0.1) is 0 Å². The SMILES string of the molecule is COc1cc2c(cc1OC)C(=Cc1ccccc1O)C(=O)N2. The van der Waals surface area contributed by atoms with E-state index in [0.29, 0.717) is 33.9 Å². The molecule has 0 aromatic heterocycles. The third-order valence-corrected chi connectivity index (χ3v) is 3.54. The number of carbonyl (C=O) groups excluding carboxylic acids is 1. The average molecular weight is 297 g/mol. The van der Waals surface area contributed by atoms with Gasteiger partial charge in [-0.2, -0.15) is 0 Å². The smallest absolute Gasteiger partial charge is 0.256 e. The highest BCUT2D eigenvalue weighted by molar-refractivity contribution is 6.35. The van der Waals surface area contributed by atoms with E-state index in [0.717, 1.165) is 0 Å². The predicted molar refractivity (Wildman–Crippen MR) is 84.2 cm³/mol. The van der Waals surface area contributed by atoms with Gasteiger partial charge in [0.25, 0.3) is 5.91 Å². The Morgan fingerprint density at radius 3 is 2.45 bits per heavy atom. The summed E-state index contributed by atoms with van der Waals surface area (Å²) < 4.78 is 10.5. The lowest BCUT2D eigenvalue weighted by Gasteiger charge is -2.09. The van der Waals surface area contributed by atoms with Crippen LogP contribution in [0.25, 0.3) is 11.6 Å². The van der Waals surface area contributed by atoms with Gasteiger partial charge in [-0.1, -0.05) is 18.2 Å². The molecule has 0 aliphatic carbocycles. The summed E-state index contributed by atoms with van der Waals surface area (Å²) in [4.78, 5) is 12.2. The van der Waals surface area contributed by atoms with Crippen molar-refractivity contribution in [2.75, 3.05) is 19.5 Å². The Balaban J connectivity index is 2.14. The number of para-hydroxylation sites is 1. The molecule has 2 aromatic carbocycles. The number of phenols is 1. The summed E-state index contributed by atoms with van der Waals surface area (Å²) in [6, 6.07) is 10.3. The number of carbonyl (C=O) groups is 1. The second kappa shape index (κ2) is 5.44. The highest BCUT2D eigenvalue weighted by Gasteiger charge is 2.26. The molecule has 0 saturated heterocycles. The van der Waals surface area contributed by atoms with E-state index in [4.69, 9.17) is 9.47 Å². The summed E-state index contributed by atoms with van der Waals surface area (Å²) in [5.41, 5.74) is 2.42. The number of nitrogens with one attached hydrogen (secondary N) is 1. The molecule has 5 nitrogen and oxygen atoms in total.